The Morgan fingerprint density at radius 3 is 2.58 bits per heavy atom. The van der Waals surface area contributed by atoms with Crippen LogP contribution in [0, 0.1) is 0 Å². The summed E-state index contributed by atoms with van der Waals surface area (Å²) in [6.07, 6.45) is 7.35. The van der Waals surface area contributed by atoms with Crippen molar-refractivity contribution in [2.45, 2.75) is 19.9 Å². The molecule has 4 aromatic rings. The molecule has 1 N–H and O–H groups in total. The van der Waals surface area contributed by atoms with Crippen LogP contribution in [0.15, 0.2) is 73.1 Å². The number of fused-ring (bicyclic) bond motifs is 1. The van der Waals surface area contributed by atoms with Gasteiger partial charge in [-0.25, -0.2) is 9.67 Å². The van der Waals surface area contributed by atoms with Crippen LogP contribution in [0.5, 0.6) is 0 Å². The number of ketones is 1. The number of likely N-dealkylation sites (N-methyl/N-ethyl adjacent to an activating group) is 1. The Balaban J connectivity index is 1.29. The Hall–Kier alpha value is -4.04. The number of benzene rings is 2. The first-order valence-electron chi connectivity index (χ1n) is 12.3. The van der Waals surface area contributed by atoms with E-state index in [1.807, 2.05) is 29.8 Å². The number of anilines is 3. The van der Waals surface area contributed by atoms with Crippen LogP contribution in [0.2, 0.25) is 0 Å². The summed E-state index contributed by atoms with van der Waals surface area (Å²) in [7, 11) is 2.17. The van der Waals surface area contributed by atoms with Crippen molar-refractivity contribution in [1.29, 1.82) is 0 Å². The van der Waals surface area contributed by atoms with Gasteiger partial charge >= 0.3 is 0 Å². The number of aromatic nitrogens is 4. The lowest BCUT2D eigenvalue weighted by molar-refractivity contribution is -0.114. The zero-order valence-corrected chi connectivity index (χ0v) is 20.8. The highest BCUT2D eigenvalue weighted by atomic mass is 16.1. The first-order valence-corrected chi connectivity index (χ1v) is 12.3. The van der Waals surface area contributed by atoms with E-state index in [1.165, 1.54) is 5.69 Å². The molecule has 3 heterocycles. The van der Waals surface area contributed by atoms with Crippen molar-refractivity contribution in [3.05, 3.63) is 84.2 Å². The smallest absolute Gasteiger partial charge is 0.229 e. The Labute approximate surface area is 211 Å². The molecule has 0 bridgehead atoms. The van der Waals surface area contributed by atoms with Crippen LogP contribution in [-0.4, -0.2) is 63.7 Å². The number of allylic oxidation sites excluding steroid dienone is 2. The minimum Gasteiger partial charge on any atom is -0.369 e. The molecule has 8 nitrogen and oxygen atoms in total. The number of rotatable bonds is 8. The largest absolute Gasteiger partial charge is 0.369 e. The molecule has 0 unspecified atom stereocenters. The van der Waals surface area contributed by atoms with Crippen LogP contribution in [0.1, 0.15) is 18.1 Å². The summed E-state index contributed by atoms with van der Waals surface area (Å²) < 4.78 is 1.87. The third-order valence-electron chi connectivity index (χ3n) is 6.42. The van der Waals surface area contributed by atoms with Crippen LogP contribution in [0.3, 0.4) is 0 Å². The van der Waals surface area contributed by atoms with Crippen LogP contribution in [-0.2, 0) is 17.8 Å². The van der Waals surface area contributed by atoms with E-state index in [-0.39, 0.29) is 5.78 Å². The van der Waals surface area contributed by atoms with Crippen molar-refractivity contribution in [1.82, 2.24) is 24.6 Å². The summed E-state index contributed by atoms with van der Waals surface area (Å²) in [5.41, 5.74) is 4.99. The molecule has 1 saturated heterocycles. The van der Waals surface area contributed by atoms with Crippen LogP contribution in [0.25, 0.3) is 11.0 Å². The van der Waals surface area contributed by atoms with E-state index >= 15 is 0 Å². The molecular weight excluding hydrogens is 450 g/mol. The number of carbonyl (C=O) groups excluding carboxylic acids is 1. The maximum atomic E-state index is 12.0. The Kier molecular flexibility index (Phi) is 7.04. The molecule has 0 radical (unpaired) electrons. The van der Waals surface area contributed by atoms with E-state index in [1.54, 1.807) is 24.5 Å². The predicted octanol–water partition coefficient (Wildman–Crippen LogP) is 4.06. The number of carbonyl (C=O) groups is 1. The number of hydrogen-bond acceptors (Lipinski definition) is 7. The normalized spacial score (nSPS) is 14.6. The molecule has 0 amide bonds. The second kappa shape index (κ2) is 10.7. The lowest BCUT2D eigenvalue weighted by Crippen LogP contribution is -2.44. The zero-order valence-electron chi connectivity index (χ0n) is 20.8. The summed E-state index contributed by atoms with van der Waals surface area (Å²) in [5.74, 6) is 0.626. The topological polar surface area (TPSA) is 79.2 Å². The van der Waals surface area contributed by atoms with Gasteiger partial charge in [-0.1, -0.05) is 30.3 Å². The van der Waals surface area contributed by atoms with E-state index in [4.69, 9.17) is 4.98 Å². The van der Waals surface area contributed by atoms with Gasteiger partial charge in [-0.15, -0.1) is 0 Å². The molecule has 1 fully saturated rings. The monoisotopic (exact) mass is 481 g/mol. The maximum Gasteiger partial charge on any atom is 0.229 e. The minimum absolute atomic E-state index is 0.0965. The fourth-order valence-corrected chi connectivity index (χ4v) is 4.45. The van der Waals surface area contributed by atoms with Gasteiger partial charge in [0.15, 0.2) is 11.4 Å². The molecule has 5 rings (SSSR count). The molecule has 1 aliphatic heterocycles. The molecule has 0 atom stereocenters. The lowest BCUT2D eigenvalue weighted by Gasteiger charge is -2.34. The van der Waals surface area contributed by atoms with Crippen molar-refractivity contribution >= 4 is 34.1 Å². The molecule has 8 heteroatoms. The van der Waals surface area contributed by atoms with E-state index in [0.717, 1.165) is 54.0 Å². The van der Waals surface area contributed by atoms with Crippen molar-refractivity contribution < 1.29 is 4.79 Å². The average molecular weight is 482 g/mol. The number of nitrogens with one attached hydrogen (secondary N) is 1. The Bertz CT molecular complexity index is 1370. The fourth-order valence-electron chi connectivity index (χ4n) is 4.45. The molecule has 2 aromatic carbocycles. The van der Waals surface area contributed by atoms with Gasteiger partial charge in [0.1, 0.15) is 0 Å². The van der Waals surface area contributed by atoms with E-state index in [2.05, 4.69) is 62.6 Å². The Morgan fingerprint density at radius 2 is 1.81 bits per heavy atom. The molecule has 36 heavy (non-hydrogen) atoms. The van der Waals surface area contributed by atoms with E-state index < -0.39 is 0 Å². The highest BCUT2D eigenvalue weighted by molar-refractivity contribution is 5.91. The average Bonchev–Trinajstić information content (AvgIpc) is 3.27. The molecule has 184 valence electrons. The van der Waals surface area contributed by atoms with Crippen molar-refractivity contribution in [3.63, 3.8) is 0 Å². The predicted molar refractivity (Wildman–Crippen MR) is 144 cm³/mol. The van der Waals surface area contributed by atoms with Gasteiger partial charge in [0.2, 0.25) is 5.95 Å². The summed E-state index contributed by atoms with van der Waals surface area (Å²) in [6, 6.07) is 16.5. The standard InChI is InChI=1S/C28H31N7O/c1-3-5-26(36)17-21-6-4-7-22(16-21)20-35-27-23(19-30-35)18-29-28(32-27)31-24-8-10-25(11-9-24)34-14-12-33(2)13-15-34/h3-11,16,18-19H,12-15,17,20H2,1-2H3,(H,29,31,32)/b5-3+. The van der Waals surface area contributed by atoms with Crippen LogP contribution in [0.4, 0.5) is 17.3 Å². The highest BCUT2D eigenvalue weighted by Gasteiger charge is 2.14. The molecule has 0 spiro atoms. The van der Waals surface area contributed by atoms with Gasteiger partial charge in [-0.05, 0) is 55.4 Å². The van der Waals surface area contributed by atoms with Gasteiger partial charge < -0.3 is 15.1 Å². The van der Waals surface area contributed by atoms with Crippen molar-refractivity contribution in [3.8, 4) is 0 Å². The zero-order chi connectivity index (χ0) is 24.9. The summed E-state index contributed by atoms with van der Waals surface area (Å²) in [4.78, 5) is 26.0. The lowest BCUT2D eigenvalue weighted by atomic mass is 10.1. The third-order valence-corrected chi connectivity index (χ3v) is 6.42. The highest BCUT2D eigenvalue weighted by Crippen LogP contribution is 2.22. The summed E-state index contributed by atoms with van der Waals surface area (Å²) >= 11 is 0. The second-order valence-electron chi connectivity index (χ2n) is 9.20. The van der Waals surface area contributed by atoms with Gasteiger partial charge in [0.25, 0.3) is 0 Å². The summed E-state index contributed by atoms with van der Waals surface area (Å²) in [6.45, 7) is 6.67. The maximum absolute atomic E-state index is 12.0. The first kappa shape index (κ1) is 23.7. The van der Waals surface area contributed by atoms with Crippen LogP contribution < -0.4 is 10.2 Å². The van der Waals surface area contributed by atoms with Gasteiger partial charge in [0.05, 0.1) is 18.1 Å². The summed E-state index contributed by atoms with van der Waals surface area (Å²) in [5, 5.41) is 8.73. The van der Waals surface area contributed by atoms with E-state index in [9.17, 15) is 4.79 Å². The fraction of sp³-hybridized carbons (Fsp3) is 0.286. The third kappa shape index (κ3) is 5.60. The molecule has 2 aromatic heterocycles. The van der Waals surface area contributed by atoms with Crippen LogP contribution >= 0.6 is 0 Å². The molecular formula is C28H31N7O. The quantitative estimate of drug-likeness (QED) is 0.380. The molecule has 0 aliphatic carbocycles. The van der Waals surface area contributed by atoms with Crippen molar-refractivity contribution in [2.24, 2.45) is 0 Å². The van der Waals surface area contributed by atoms with Gasteiger partial charge in [-0.2, -0.15) is 10.1 Å². The number of piperazine rings is 1. The molecule has 0 saturated carbocycles. The van der Waals surface area contributed by atoms with Crippen molar-refractivity contribution in [2.75, 3.05) is 43.4 Å². The minimum atomic E-state index is 0.0965. The SMILES string of the molecule is C/C=C/C(=O)Cc1cccc(Cn2ncc3cnc(Nc4ccc(N5CCN(C)CC5)cc4)nc32)c1. The van der Waals surface area contributed by atoms with E-state index in [0.29, 0.717) is 18.9 Å². The number of hydrogen-bond donors (Lipinski definition) is 1. The van der Waals surface area contributed by atoms with Gasteiger partial charge in [0, 0.05) is 50.2 Å². The van der Waals surface area contributed by atoms with Gasteiger partial charge in [-0.3, -0.25) is 4.79 Å². The Morgan fingerprint density at radius 1 is 1.03 bits per heavy atom. The molecule has 1 aliphatic rings. The second-order valence-corrected chi connectivity index (χ2v) is 9.20. The number of nitrogens with zero attached hydrogens (tertiary/aromatic N) is 6. The first-order chi connectivity index (χ1) is 17.6.